The Hall–Kier alpha value is -1.10. The molecule has 1 saturated heterocycles. The van der Waals surface area contributed by atoms with Gasteiger partial charge in [-0.1, -0.05) is 19.3 Å². The predicted molar refractivity (Wildman–Crippen MR) is 82.8 cm³/mol. The minimum Gasteiger partial charge on any atom is -0.354 e. The van der Waals surface area contributed by atoms with Gasteiger partial charge in [-0.05, 0) is 44.7 Å². The molecular formula is C16H29N3O2. The van der Waals surface area contributed by atoms with Crippen molar-refractivity contribution in [2.24, 2.45) is 11.8 Å². The summed E-state index contributed by atoms with van der Waals surface area (Å²) in [6.07, 6.45) is 8.73. The van der Waals surface area contributed by atoms with Gasteiger partial charge in [-0.3, -0.25) is 9.59 Å². The van der Waals surface area contributed by atoms with Crippen molar-refractivity contribution in [3.8, 4) is 0 Å². The molecule has 0 bridgehead atoms. The van der Waals surface area contributed by atoms with Crippen molar-refractivity contribution in [1.29, 1.82) is 0 Å². The summed E-state index contributed by atoms with van der Waals surface area (Å²) in [7, 11) is 0. The number of carbonyl (C=O) groups is 2. The van der Waals surface area contributed by atoms with E-state index < -0.39 is 0 Å². The fourth-order valence-corrected chi connectivity index (χ4v) is 3.34. The first kappa shape index (κ1) is 16.3. The van der Waals surface area contributed by atoms with Crippen LogP contribution in [0.2, 0.25) is 0 Å². The molecule has 1 aliphatic heterocycles. The summed E-state index contributed by atoms with van der Waals surface area (Å²) < 4.78 is 0. The van der Waals surface area contributed by atoms with Crippen LogP contribution in [0.1, 0.15) is 51.4 Å². The van der Waals surface area contributed by atoms with Crippen molar-refractivity contribution < 1.29 is 9.59 Å². The average Bonchev–Trinajstić information content (AvgIpc) is 2.53. The van der Waals surface area contributed by atoms with Gasteiger partial charge in [0.25, 0.3) is 0 Å². The lowest BCUT2D eigenvalue weighted by atomic mass is 9.87. The molecule has 3 N–H and O–H groups in total. The summed E-state index contributed by atoms with van der Waals surface area (Å²) >= 11 is 0. The molecule has 0 aromatic rings. The highest BCUT2D eigenvalue weighted by atomic mass is 16.2. The van der Waals surface area contributed by atoms with Crippen molar-refractivity contribution in [2.45, 2.75) is 51.4 Å². The number of piperidine rings is 1. The lowest BCUT2D eigenvalue weighted by Crippen LogP contribution is -2.41. The van der Waals surface area contributed by atoms with Gasteiger partial charge >= 0.3 is 0 Å². The van der Waals surface area contributed by atoms with Gasteiger partial charge in [0.15, 0.2) is 0 Å². The summed E-state index contributed by atoms with van der Waals surface area (Å²) in [6, 6.07) is 0. The van der Waals surface area contributed by atoms with Crippen LogP contribution in [0.5, 0.6) is 0 Å². The third-order valence-electron chi connectivity index (χ3n) is 4.66. The van der Waals surface area contributed by atoms with E-state index in [-0.39, 0.29) is 17.7 Å². The zero-order valence-electron chi connectivity index (χ0n) is 13.0. The Balaban J connectivity index is 1.52. The van der Waals surface area contributed by atoms with Crippen LogP contribution >= 0.6 is 0 Å². The van der Waals surface area contributed by atoms with Crippen molar-refractivity contribution >= 4 is 11.8 Å². The SMILES string of the molecule is O=C(CC1CCCCC1)NCCNC(=O)C1CCNCC1. The monoisotopic (exact) mass is 295 g/mol. The number of nitrogens with one attached hydrogen (secondary N) is 3. The number of hydrogen-bond acceptors (Lipinski definition) is 3. The van der Waals surface area contributed by atoms with E-state index in [0.29, 0.717) is 25.4 Å². The molecule has 21 heavy (non-hydrogen) atoms. The molecule has 120 valence electrons. The molecule has 1 heterocycles. The lowest BCUT2D eigenvalue weighted by Gasteiger charge is -2.22. The maximum Gasteiger partial charge on any atom is 0.223 e. The summed E-state index contributed by atoms with van der Waals surface area (Å²) in [5, 5.41) is 9.11. The smallest absolute Gasteiger partial charge is 0.223 e. The highest BCUT2D eigenvalue weighted by Crippen LogP contribution is 2.25. The van der Waals surface area contributed by atoms with Crippen molar-refractivity contribution in [3.63, 3.8) is 0 Å². The van der Waals surface area contributed by atoms with E-state index in [1.54, 1.807) is 0 Å². The molecule has 0 spiro atoms. The highest BCUT2D eigenvalue weighted by Gasteiger charge is 2.20. The van der Waals surface area contributed by atoms with E-state index in [2.05, 4.69) is 16.0 Å². The van der Waals surface area contributed by atoms with E-state index >= 15 is 0 Å². The Morgan fingerprint density at radius 1 is 0.905 bits per heavy atom. The summed E-state index contributed by atoms with van der Waals surface area (Å²) in [6.45, 7) is 2.94. The van der Waals surface area contributed by atoms with Crippen LogP contribution in [0.3, 0.4) is 0 Å². The number of hydrogen-bond donors (Lipinski definition) is 3. The minimum absolute atomic E-state index is 0.137. The summed E-state index contributed by atoms with van der Waals surface area (Å²) in [5.74, 6) is 0.989. The Kier molecular flexibility index (Phi) is 7.00. The second-order valence-corrected chi connectivity index (χ2v) is 6.37. The van der Waals surface area contributed by atoms with Crippen LogP contribution in [0.4, 0.5) is 0 Å². The topological polar surface area (TPSA) is 70.2 Å². The largest absolute Gasteiger partial charge is 0.354 e. The van der Waals surface area contributed by atoms with Crippen LogP contribution in [0.15, 0.2) is 0 Å². The van der Waals surface area contributed by atoms with Crippen molar-refractivity contribution in [1.82, 2.24) is 16.0 Å². The molecule has 2 amide bonds. The molecule has 0 aromatic carbocycles. The fraction of sp³-hybridized carbons (Fsp3) is 0.875. The van der Waals surface area contributed by atoms with E-state index in [1.165, 1.54) is 32.1 Å². The molecular weight excluding hydrogens is 266 g/mol. The first-order valence-corrected chi connectivity index (χ1v) is 8.51. The van der Waals surface area contributed by atoms with E-state index in [4.69, 9.17) is 0 Å². The van der Waals surface area contributed by atoms with Gasteiger partial charge < -0.3 is 16.0 Å². The zero-order chi connectivity index (χ0) is 14.9. The molecule has 0 radical (unpaired) electrons. The van der Waals surface area contributed by atoms with Crippen LogP contribution in [0, 0.1) is 11.8 Å². The number of amides is 2. The normalized spacial score (nSPS) is 21.0. The second kappa shape index (κ2) is 9.03. The third kappa shape index (κ3) is 6.04. The summed E-state index contributed by atoms with van der Waals surface area (Å²) in [5.41, 5.74) is 0. The van der Waals surface area contributed by atoms with Crippen LogP contribution in [-0.2, 0) is 9.59 Å². The Labute approximate surface area is 127 Å². The molecule has 2 fully saturated rings. The van der Waals surface area contributed by atoms with Crippen LogP contribution < -0.4 is 16.0 Å². The molecule has 0 unspecified atom stereocenters. The first-order valence-electron chi connectivity index (χ1n) is 8.51. The number of carbonyl (C=O) groups excluding carboxylic acids is 2. The lowest BCUT2D eigenvalue weighted by molar-refractivity contribution is -0.126. The second-order valence-electron chi connectivity index (χ2n) is 6.37. The van der Waals surface area contributed by atoms with Gasteiger partial charge in [-0.15, -0.1) is 0 Å². The van der Waals surface area contributed by atoms with Crippen LogP contribution in [-0.4, -0.2) is 38.0 Å². The quantitative estimate of drug-likeness (QED) is 0.645. The summed E-state index contributed by atoms with van der Waals surface area (Å²) in [4.78, 5) is 23.7. The molecule has 1 aliphatic carbocycles. The molecule has 1 saturated carbocycles. The van der Waals surface area contributed by atoms with Crippen molar-refractivity contribution in [3.05, 3.63) is 0 Å². The van der Waals surface area contributed by atoms with E-state index in [9.17, 15) is 9.59 Å². The van der Waals surface area contributed by atoms with E-state index in [0.717, 1.165) is 25.9 Å². The van der Waals surface area contributed by atoms with Gasteiger partial charge in [0.05, 0.1) is 0 Å². The maximum absolute atomic E-state index is 11.9. The zero-order valence-corrected chi connectivity index (χ0v) is 13.0. The molecule has 2 rings (SSSR count). The molecule has 0 atom stereocenters. The molecule has 2 aliphatic rings. The molecule has 5 heteroatoms. The van der Waals surface area contributed by atoms with Crippen molar-refractivity contribution in [2.75, 3.05) is 26.2 Å². The minimum atomic E-state index is 0.137. The predicted octanol–water partition coefficient (Wildman–Crippen LogP) is 1.19. The average molecular weight is 295 g/mol. The van der Waals surface area contributed by atoms with Gasteiger partial charge in [0, 0.05) is 25.4 Å². The first-order chi connectivity index (χ1) is 10.3. The van der Waals surface area contributed by atoms with Gasteiger partial charge in [-0.2, -0.15) is 0 Å². The fourth-order valence-electron chi connectivity index (χ4n) is 3.34. The standard InChI is InChI=1S/C16H29N3O2/c20-15(12-13-4-2-1-3-5-13)18-10-11-19-16(21)14-6-8-17-9-7-14/h13-14,17H,1-12H2,(H,18,20)(H,19,21). The Morgan fingerprint density at radius 2 is 1.57 bits per heavy atom. The van der Waals surface area contributed by atoms with Gasteiger partial charge in [0.1, 0.15) is 0 Å². The molecule has 5 nitrogen and oxygen atoms in total. The Morgan fingerprint density at radius 3 is 2.29 bits per heavy atom. The highest BCUT2D eigenvalue weighted by molar-refractivity contribution is 5.79. The number of rotatable bonds is 6. The molecule has 0 aromatic heterocycles. The Bertz CT molecular complexity index is 334. The van der Waals surface area contributed by atoms with E-state index in [1.807, 2.05) is 0 Å². The maximum atomic E-state index is 11.9. The van der Waals surface area contributed by atoms with Gasteiger partial charge in [0.2, 0.25) is 11.8 Å². The van der Waals surface area contributed by atoms with Gasteiger partial charge in [-0.25, -0.2) is 0 Å². The third-order valence-corrected chi connectivity index (χ3v) is 4.66. The van der Waals surface area contributed by atoms with Crippen LogP contribution in [0.25, 0.3) is 0 Å².